The number of fused-ring (bicyclic) bond motifs is 1. The van der Waals surface area contributed by atoms with Gasteiger partial charge in [0, 0.05) is 15.7 Å². The van der Waals surface area contributed by atoms with Crippen molar-refractivity contribution in [1.29, 1.82) is 0 Å². The molecule has 0 fully saturated rings. The standard InChI is InChI=1S/C18H20BrNO/c1-10-9-14-15(11(2)17(10)20)16(18(3,4)21-14)12-5-7-13(19)8-6-12/h5-9,16H,20H2,1-4H3. The van der Waals surface area contributed by atoms with Gasteiger partial charge in [0.05, 0.1) is 5.92 Å². The first-order chi connectivity index (χ1) is 9.81. The molecular formula is C18H20BrNO. The molecule has 0 aliphatic carbocycles. The average molecular weight is 346 g/mol. The summed E-state index contributed by atoms with van der Waals surface area (Å²) in [7, 11) is 0. The highest BCUT2D eigenvalue weighted by Crippen LogP contribution is 2.51. The Morgan fingerprint density at radius 2 is 1.76 bits per heavy atom. The molecule has 0 bridgehead atoms. The molecule has 3 rings (SSSR count). The molecule has 2 aromatic carbocycles. The van der Waals surface area contributed by atoms with Crippen LogP contribution in [0.15, 0.2) is 34.8 Å². The molecule has 3 heteroatoms. The van der Waals surface area contributed by atoms with E-state index in [0.717, 1.165) is 27.0 Å². The van der Waals surface area contributed by atoms with Crippen LogP contribution in [0.3, 0.4) is 0 Å². The van der Waals surface area contributed by atoms with Crippen LogP contribution in [0.5, 0.6) is 5.75 Å². The van der Waals surface area contributed by atoms with Gasteiger partial charge in [-0.15, -0.1) is 0 Å². The fourth-order valence-corrected chi connectivity index (χ4v) is 3.60. The molecule has 2 N–H and O–H groups in total. The lowest BCUT2D eigenvalue weighted by atomic mass is 9.79. The van der Waals surface area contributed by atoms with Crippen molar-refractivity contribution in [3.8, 4) is 5.75 Å². The topological polar surface area (TPSA) is 35.2 Å². The third kappa shape index (κ3) is 2.24. The van der Waals surface area contributed by atoms with E-state index in [-0.39, 0.29) is 11.5 Å². The van der Waals surface area contributed by atoms with E-state index in [1.165, 1.54) is 11.1 Å². The van der Waals surface area contributed by atoms with Gasteiger partial charge in [0.2, 0.25) is 0 Å². The summed E-state index contributed by atoms with van der Waals surface area (Å²) >= 11 is 3.50. The van der Waals surface area contributed by atoms with Gasteiger partial charge in [-0.2, -0.15) is 0 Å². The van der Waals surface area contributed by atoms with Gasteiger partial charge < -0.3 is 10.5 Å². The van der Waals surface area contributed by atoms with E-state index in [1.54, 1.807) is 0 Å². The van der Waals surface area contributed by atoms with Crippen LogP contribution in [-0.2, 0) is 0 Å². The van der Waals surface area contributed by atoms with E-state index >= 15 is 0 Å². The maximum atomic E-state index is 6.24. The summed E-state index contributed by atoms with van der Waals surface area (Å²) in [5.74, 6) is 1.17. The van der Waals surface area contributed by atoms with Crippen molar-refractivity contribution in [1.82, 2.24) is 0 Å². The fraction of sp³-hybridized carbons (Fsp3) is 0.333. The molecule has 1 aliphatic heterocycles. The Kier molecular flexibility index (Phi) is 3.28. The van der Waals surface area contributed by atoms with Crippen LogP contribution < -0.4 is 10.5 Å². The number of ether oxygens (including phenoxy) is 1. The van der Waals surface area contributed by atoms with Crippen molar-refractivity contribution in [3.05, 3.63) is 57.1 Å². The number of nitrogens with two attached hydrogens (primary N) is 1. The second kappa shape index (κ2) is 4.77. The SMILES string of the molecule is Cc1cc2c(c(C)c1N)C(c1ccc(Br)cc1)C(C)(C)O2. The number of hydrogen-bond donors (Lipinski definition) is 1. The Bertz CT molecular complexity index is 704. The van der Waals surface area contributed by atoms with Gasteiger partial charge in [0.1, 0.15) is 11.4 Å². The van der Waals surface area contributed by atoms with Gasteiger partial charge in [0.25, 0.3) is 0 Å². The van der Waals surface area contributed by atoms with Gasteiger partial charge in [-0.25, -0.2) is 0 Å². The van der Waals surface area contributed by atoms with Crippen molar-refractivity contribution in [3.63, 3.8) is 0 Å². The molecular weight excluding hydrogens is 326 g/mol. The maximum Gasteiger partial charge on any atom is 0.124 e. The highest BCUT2D eigenvalue weighted by molar-refractivity contribution is 9.10. The molecule has 21 heavy (non-hydrogen) atoms. The number of halogens is 1. The molecule has 0 saturated carbocycles. The first-order valence-corrected chi connectivity index (χ1v) is 7.94. The smallest absolute Gasteiger partial charge is 0.124 e. The van der Waals surface area contributed by atoms with Gasteiger partial charge in [-0.3, -0.25) is 0 Å². The van der Waals surface area contributed by atoms with Gasteiger partial charge in [-0.1, -0.05) is 28.1 Å². The molecule has 0 spiro atoms. The highest BCUT2D eigenvalue weighted by Gasteiger charge is 2.43. The molecule has 110 valence electrons. The lowest BCUT2D eigenvalue weighted by Gasteiger charge is -2.27. The summed E-state index contributed by atoms with van der Waals surface area (Å²) in [6, 6.07) is 10.5. The largest absolute Gasteiger partial charge is 0.487 e. The zero-order valence-corrected chi connectivity index (χ0v) is 14.4. The van der Waals surface area contributed by atoms with E-state index in [1.807, 2.05) is 6.92 Å². The number of rotatable bonds is 1. The molecule has 2 nitrogen and oxygen atoms in total. The van der Waals surface area contributed by atoms with Crippen molar-refractivity contribution >= 4 is 21.6 Å². The first kappa shape index (κ1) is 14.5. The van der Waals surface area contributed by atoms with Crippen LogP contribution in [0.2, 0.25) is 0 Å². The summed E-state index contributed by atoms with van der Waals surface area (Å²) in [5, 5.41) is 0. The molecule has 1 unspecified atom stereocenters. The lowest BCUT2D eigenvalue weighted by molar-refractivity contribution is 0.122. The summed E-state index contributed by atoms with van der Waals surface area (Å²) in [6.07, 6.45) is 0. The van der Waals surface area contributed by atoms with Crippen molar-refractivity contribution in [2.75, 3.05) is 5.73 Å². The Balaban J connectivity index is 2.22. The minimum atomic E-state index is -0.277. The molecule has 0 aromatic heterocycles. The minimum Gasteiger partial charge on any atom is -0.487 e. The van der Waals surface area contributed by atoms with Gasteiger partial charge in [-0.05, 0) is 62.6 Å². The molecule has 0 amide bonds. The van der Waals surface area contributed by atoms with Crippen molar-refractivity contribution in [2.24, 2.45) is 0 Å². The van der Waals surface area contributed by atoms with E-state index in [2.05, 4.69) is 67.0 Å². The molecule has 1 heterocycles. The summed E-state index contributed by atoms with van der Waals surface area (Å²) < 4.78 is 7.33. The zero-order chi connectivity index (χ0) is 15.4. The zero-order valence-electron chi connectivity index (χ0n) is 12.8. The van der Waals surface area contributed by atoms with E-state index < -0.39 is 0 Å². The van der Waals surface area contributed by atoms with Crippen LogP contribution in [0.4, 0.5) is 5.69 Å². The number of hydrogen-bond acceptors (Lipinski definition) is 2. The van der Waals surface area contributed by atoms with Crippen LogP contribution >= 0.6 is 15.9 Å². The third-order valence-electron chi connectivity index (χ3n) is 4.41. The van der Waals surface area contributed by atoms with E-state index in [0.29, 0.717) is 0 Å². The van der Waals surface area contributed by atoms with Crippen LogP contribution in [-0.4, -0.2) is 5.60 Å². The average Bonchev–Trinajstić information content (AvgIpc) is 2.68. The monoisotopic (exact) mass is 345 g/mol. The number of aryl methyl sites for hydroxylation is 1. The van der Waals surface area contributed by atoms with Crippen LogP contribution in [0.1, 0.15) is 42.0 Å². The summed E-state index contributed by atoms with van der Waals surface area (Å²) in [5.41, 5.74) is 11.5. The van der Waals surface area contributed by atoms with Crippen LogP contribution in [0, 0.1) is 13.8 Å². The minimum absolute atomic E-state index is 0.198. The molecule has 2 aromatic rings. The Morgan fingerprint density at radius 3 is 2.38 bits per heavy atom. The predicted molar refractivity (Wildman–Crippen MR) is 91.0 cm³/mol. The number of nitrogen functional groups attached to an aromatic ring is 1. The molecule has 1 atom stereocenters. The maximum absolute atomic E-state index is 6.24. The number of anilines is 1. The lowest BCUT2D eigenvalue weighted by Crippen LogP contribution is -2.31. The fourth-order valence-electron chi connectivity index (χ4n) is 3.33. The Hall–Kier alpha value is -1.48. The van der Waals surface area contributed by atoms with Gasteiger partial charge in [0.15, 0.2) is 0 Å². The van der Waals surface area contributed by atoms with E-state index in [4.69, 9.17) is 10.5 Å². The van der Waals surface area contributed by atoms with Crippen molar-refractivity contribution < 1.29 is 4.74 Å². The van der Waals surface area contributed by atoms with Crippen molar-refractivity contribution in [2.45, 2.75) is 39.2 Å². The highest BCUT2D eigenvalue weighted by atomic mass is 79.9. The summed E-state index contributed by atoms with van der Waals surface area (Å²) in [4.78, 5) is 0. The second-order valence-electron chi connectivity index (χ2n) is 6.33. The predicted octanol–water partition coefficient (Wildman–Crippen LogP) is 4.95. The van der Waals surface area contributed by atoms with Crippen LogP contribution in [0.25, 0.3) is 0 Å². The molecule has 0 saturated heterocycles. The molecule has 0 radical (unpaired) electrons. The third-order valence-corrected chi connectivity index (χ3v) is 4.93. The quantitative estimate of drug-likeness (QED) is 0.742. The summed E-state index contributed by atoms with van der Waals surface area (Å²) in [6.45, 7) is 8.42. The number of benzene rings is 2. The normalized spacial score (nSPS) is 19.2. The van der Waals surface area contributed by atoms with E-state index in [9.17, 15) is 0 Å². The molecule has 1 aliphatic rings. The first-order valence-electron chi connectivity index (χ1n) is 7.15. The Morgan fingerprint density at radius 1 is 1.14 bits per heavy atom. The van der Waals surface area contributed by atoms with Gasteiger partial charge >= 0.3 is 0 Å². The Labute approximate surface area is 134 Å². The second-order valence-corrected chi connectivity index (χ2v) is 7.25.